The molecule has 1 aromatic heterocycles. The monoisotopic (exact) mass is 438 g/mol. The molecule has 0 unspecified atom stereocenters. The third kappa shape index (κ3) is 5.59. The van der Waals surface area contributed by atoms with Crippen molar-refractivity contribution in [3.63, 3.8) is 0 Å². The van der Waals surface area contributed by atoms with Gasteiger partial charge in [0.2, 0.25) is 5.91 Å². The van der Waals surface area contributed by atoms with Crippen molar-refractivity contribution in [2.45, 2.75) is 6.42 Å². The van der Waals surface area contributed by atoms with Crippen LogP contribution in [0.1, 0.15) is 11.1 Å². The van der Waals surface area contributed by atoms with Crippen molar-refractivity contribution < 1.29 is 9.72 Å². The molecule has 0 saturated carbocycles. The highest BCUT2D eigenvalue weighted by Crippen LogP contribution is 2.24. The smallest absolute Gasteiger partial charge is 0.269 e. The lowest BCUT2D eigenvalue weighted by Gasteiger charge is -2.03. The highest BCUT2D eigenvalue weighted by Gasteiger charge is 2.11. The van der Waals surface area contributed by atoms with Crippen LogP contribution in [-0.4, -0.2) is 27.2 Å². The minimum atomic E-state index is -0.468. The predicted molar refractivity (Wildman–Crippen MR) is 128 cm³/mol. The average molecular weight is 438 g/mol. The van der Waals surface area contributed by atoms with Crippen LogP contribution in [-0.2, 0) is 11.2 Å². The zero-order valence-electron chi connectivity index (χ0n) is 17.8. The summed E-state index contributed by atoms with van der Waals surface area (Å²) in [5.74, 6) is -0.205. The van der Waals surface area contributed by atoms with Gasteiger partial charge in [-0.2, -0.15) is 5.10 Å². The molecule has 0 fully saturated rings. The first-order valence-corrected chi connectivity index (χ1v) is 10.5. The van der Waals surface area contributed by atoms with Gasteiger partial charge < -0.3 is 5.32 Å². The van der Waals surface area contributed by atoms with Crippen molar-refractivity contribution in [2.24, 2.45) is 0 Å². The highest BCUT2D eigenvalue weighted by atomic mass is 16.6. The van der Waals surface area contributed by atoms with Gasteiger partial charge in [0.1, 0.15) is 0 Å². The molecule has 4 aromatic rings. The molecule has 164 valence electrons. The van der Waals surface area contributed by atoms with Gasteiger partial charge in [0.25, 0.3) is 5.69 Å². The first-order valence-electron chi connectivity index (χ1n) is 10.5. The Kier molecular flexibility index (Phi) is 6.70. The Morgan fingerprint density at radius 3 is 2.45 bits per heavy atom. The fraction of sp³-hybridized carbons (Fsp3) is 0.0769. The number of hydrogen-bond acceptors (Lipinski definition) is 4. The van der Waals surface area contributed by atoms with Gasteiger partial charge >= 0.3 is 0 Å². The third-order valence-corrected chi connectivity index (χ3v) is 5.01. The van der Waals surface area contributed by atoms with Gasteiger partial charge in [0, 0.05) is 36.0 Å². The Morgan fingerprint density at radius 1 is 1.00 bits per heavy atom. The van der Waals surface area contributed by atoms with E-state index >= 15 is 0 Å². The highest BCUT2D eigenvalue weighted by molar-refractivity contribution is 5.79. The maximum Gasteiger partial charge on any atom is 0.269 e. The summed E-state index contributed by atoms with van der Waals surface area (Å²) in [5.41, 5.74) is 4.31. The second kappa shape index (κ2) is 10.2. The molecule has 0 aliphatic carbocycles. The second-order valence-corrected chi connectivity index (χ2v) is 7.39. The van der Waals surface area contributed by atoms with Crippen molar-refractivity contribution in [3.05, 3.63) is 118 Å². The third-order valence-electron chi connectivity index (χ3n) is 5.01. The number of para-hydroxylation sites is 1. The van der Waals surface area contributed by atoms with Gasteiger partial charge in [0.05, 0.1) is 22.7 Å². The summed E-state index contributed by atoms with van der Waals surface area (Å²) >= 11 is 0. The zero-order valence-corrected chi connectivity index (χ0v) is 17.8. The molecule has 7 nitrogen and oxygen atoms in total. The summed E-state index contributed by atoms with van der Waals surface area (Å²) in [6.45, 7) is 0.332. The summed E-state index contributed by atoms with van der Waals surface area (Å²) in [5, 5.41) is 18.5. The van der Waals surface area contributed by atoms with Crippen LogP contribution in [0.5, 0.6) is 0 Å². The van der Waals surface area contributed by atoms with Crippen LogP contribution in [0.25, 0.3) is 23.0 Å². The second-order valence-electron chi connectivity index (χ2n) is 7.39. The lowest BCUT2D eigenvalue weighted by Crippen LogP contribution is -2.25. The Hall–Kier alpha value is -4.52. The summed E-state index contributed by atoms with van der Waals surface area (Å²) < 4.78 is 1.84. The van der Waals surface area contributed by atoms with Gasteiger partial charge in [-0.25, -0.2) is 4.68 Å². The molecular formula is C26H22N4O3. The SMILES string of the molecule is O=C(Cc1cccc([N+](=O)[O-])c1)NC/C=C/c1cn(-c2ccccc2)nc1-c1ccccc1. The number of aromatic nitrogens is 2. The molecule has 0 atom stereocenters. The first kappa shape index (κ1) is 21.7. The number of non-ortho nitro benzene ring substituents is 1. The number of amides is 1. The molecule has 0 spiro atoms. The van der Waals surface area contributed by atoms with E-state index in [0.717, 1.165) is 22.5 Å². The van der Waals surface area contributed by atoms with Crippen LogP contribution in [0.3, 0.4) is 0 Å². The number of benzene rings is 3. The molecule has 0 radical (unpaired) electrons. The lowest BCUT2D eigenvalue weighted by atomic mass is 10.1. The number of nitrogens with zero attached hydrogens (tertiary/aromatic N) is 3. The molecule has 7 heteroatoms. The molecule has 0 aliphatic heterocycles. The van der Waals surface area contributed by atoms with Crippen LogP contribution in [0.4, 0.5) is 5.69 Å². The maximum atomic E-state index is 12.3. The van der Waals surface area contributed by atoms with Crippen LogP contribution < -0.4 is 5.32 Å². The van der Waals surface area contributed by atoms with Crippen molar-refractivity contribution in [3.8, 4) is 16.9 Å². The van der Waals surface area contributed by atoms with E-state index in [2.05, 4.69) is 5.32 Å². The minimum Gasteiger partial charge on any atom is -0.352 e. The minimum absolute atomic E-state index is 0.0240. The first-order chi connectivity index (χ1) is 16.1. The zero-order chi connectivity index (χ0) is 23.0. The molecule has 33 heavy (non-hydrogen) atoms. The molecule has 0 saturated heterocycles. The number of carbonyl (C=O) groups is 1. The van der Waals surface area contributed by atoms with E-state index in [4.69, 9.17) is 5.10 Å². The van der Waals surface area contributed by atoms with Crippen molar-refractivity contribution in [2.75, 3.05) is 6.54 Å². The number of rotatable bonds is 8. The number of nitro benzene ring substituents is 1. The molecular weight excluding hydrogens is 416 g/mol. The predicted octanol–water partition coefficient (Wildman–Crippen LogP) is 4.82. The number of nitrogens with one attached hydrogen (secondary N) is 1. The van der Waals surface area contributed by atoms with Gasteiger partial charge in [-0.05, 0) is 17.7 Å². The number of nitro groups is 1. The Labute approximate surface area is 191 Å². The van der Waals surface area contributed by atoms with E-state index in [-0.39, 0.29) is 18.0 Å². The van der Waals surface area contributed by atoms with E-state index in [1.807, 2.05) is 83.7 Å². The Morgan fingerprint density at radius 2 is 1.73 bits per heavy atom. The fourth-order valence-corrected chi connectivity index (χ4v) is 3.43. The summed E-state index contributed by atoms with van der Waals surface area (Å²) in [7, 11) is 0. The van der Waals surface area contributed by atoms with Gasteiger partial charge in [-0.1, -0.05) is 72.8 Å². The van der Waals surface area contributed by atoms with Crippen LogP contribution in [0.15, 0.2) is 97.2 Å². The largest absolute Gasteiger partial charge is 0.352 e. The van der Waals surface area contributed by atoms with E-state index in [0.29, 0.717) is 12.1 Å². The van der Waals surface area contributed by atoms with E-state index in [1.165, 1.54) is 12.1 Å². The normalized spacial score (nSPS) is 10.9. The molecule has 3 aromatic carbocycles. The molecule has 1 amide bonds. The lowest BCUT2D eigenvalue weighted by molar-refractivity contribution is -0.384. The molecule has 4 rings (SSSR count). The summed E-state index contributed by atoms with van der Waals surface area (Å²) in [6, 6.07) is 25.9. The molecule has 1 heterocycles. The van der Waals surface area contributed by atoms with E-state index < -0.39 is 4.92 Å². The van der Waals surface area contributed by atoms with Crippen LogP contribution in [0.2, 0.25) is 0 Å². The fourth-order valence-electron chi connectivity index (χ4n) is 3.43. The van der Waals surface area contributed by atoms with Crippen molar-refractivity contribution >= 4 is 17.7 Å². The molecule has 0 aliphatic rings. The average Bonchev–Trinajstić information content (AvgIpc) is 3.27. The molecule has 0 bridgehead atoms. The van der Waals surface area contributed by atoms with Crippen LogP contribution in [0, 0.1) is 10.1 Å². The van der Waals surface area contributed by atoms with Crippen molar-refractivity contribution in [1.29, 1.82) is 0 Å². The number of carbonyl (C=O) groups excluding carboxylic acids is 1. The maximum absolute atomic E-state index is 12.3. The topological polar surface area (TPSA) is 90.1 Å². The quantitative estimate of drug-likeness (QED) is 0.315. The van der Waals surface area contributed by atoms with E-state index in [1.54, 1.807) is 12.1 Å². The number of hydrogen-bond donors (Lipinski definition) is 1. The van der Waals surface area contributed by atoms with E-state index in [9.17, 15) is 14.9 Å². The molecule has 1 N–H and O–H groups in total. The summed E-state index contributed by atoms with van der Waals surface area (Å²) in [4.78, 5) is 22.7. The summed E-state index contributed by atoms with van der Waals surface area (Å²) in [6.07, 6.45) is 5.84. The van der Waals surface area contributed by atoms with Gasteiger partial charge in [0.15, 0.2) is 0 Å². The Balaban J connectivity index is 1.45. The standard InChI is InChI=1S/C26H22N4O3/c31-25(18-20-9-7-15-24(17-20)30(32)33)27-16-8-12-22-19-29(23-13-5-2-6-14-23)28-26(22)21-10-3-1-4-11-21/h1-15,17,19H,16,18H2,(H,27,31)/b12-8+. The van der Waals surface area contributed by atoms with Crippen molar-refractivity contribution in [1.82, 2.24) is 15.1 Å². The van der Waals surface area contributed by atoms with Crippen LogP contribution >= 0.6 is 0 Å². The van der Waals surface area contributed by atoms with Gasteiger partial charge in [-0.15, -0.1) is 0 Å². The Bertz CT molecular complexity index is 1280. The van der Waals surface area contributed by atoms with Gasteiger partial charge in [-0.3, -0.25) is 14.9 Å².